The van der Waals surface area contributed by atoms with Gasteiger partial charge in [-0.1, -0.05) is 51.4 Å². The minimum Gasteiger partial charge on any atom is -0.397 e. The Morgan fingerprint density at radius 2 is 1.28 bits per heavy atom. The molecule has 0 aromatic heterocycles. The van der Waals surface area contributed by atoms with E-state index in [9.17, 15) is 0 Å². The molecule has 0 bridgehead atoms. The first-order valence-electron chi connectivity index (χ1n) is 7.91. The van der Waals surface area contributed by atoms with Crippen LogP contribution in [0.25, 0.3) is 0 Å². The Bertz CT molecular complexity index is 229. The quantitative estimate of drug-likeness (QED) is 0.678. The van der Waals surface area contributed by atoms with Gasteiger partial charge in [0.2, 0.25) is 0 Å². The Morgan fingerprint density at radius 3 is 1.78 bits per heavy atom. The molecule has 0 saturated heterocycles. The standard InChI is InChI=1S/C15H30O2Si/c1-16-18(17-2,15-11-7-4-8-12-15)13-14-9-5-3-6-10-14/h14-15H,3-13H2,1-2H3. The highest BCUT2D eigenvalue weighted by molar-refractivity contribution is 6.69. The van der Waals surface area contributed by atoms with E-state index in [1.807, 2.05) is 14.2 Å². The fraction of sp³-hybridized carbons (Fsp3) is 1.00. The zero-order chi connectivity index (χ0) is 12.8. The van der Waals surface area contributed by atoms with Crippen LogP contribution in [0.15, 0.2) is 0 Å². The molecule has 0 heterocycles. The van der Waals surface area contributed by atoms with Crippen molar-refractivity contribution >= 4 is 8.56 Å². The third kappa shape index (κ3) is 3.37. The fourth-order valence-electron chi connectivity index (χ4n) is 4.09. The summed E-state index contributed by atoms with van der Waals surface area (Å²) in [6.07, 6.45) is 14.0. The van der Waals surface area contributed by atoms with Crippen molar-refractivity contribution in [1.82, 2.24) is 0 Å². The molecule has 2 aliphatic rings. The second-order valence-corrected chi connectivity index (χ2v) is 9.93. The van der Waals surface area contributed by atoms with Crippen LogP contribution in [0.2, 0.25) is 11.6 Å². The third-order valence-electron chi connectivity index (χ3n) is 5.22. The fourth-order valence-corrected chi connectivity index (χ4v) is 8.09. The smallest absolute Gasteiger partial charge is 0.341 e. The van der Waals surface area contributed by atoms with Crippen LogP contribution in [-0.4, -0.2) is 22.8 Å². The van der Waals surface area contributed by atoms with E-state index in [0.717, 1.165) is 11.5 Å². The third-order valence-corrected chi connectivity index (χ3v) is 9.57. The van der Waals surface area contributed by atoms with E-state index in [1.54, 1.807) is 0 Å². The maximum Gasteiger partial charge on any atom is 0.341 e. The van der Waals surface area contributed by atoms with Gasteiger partial charge in [-0.25, -0.2) is 0 Å². The first kappa shape index (κ1) is 14.5. The largest absolute Gasteiger partial charge is 0.397 e. The molecular weight excluding hydrogens is 240 g/mol. The zero-order valence-electron chi connectivity index (χ0n) is 12.2. The lowest BCUT2D eigenvalue weighted by Crippen LogP contribution is -2.47. The molecule has 2 aliphatic carbocycles. The van der Waals surface area contributed by atoms with Gasteiger partial charge in [0.15, 0.2) is 0 Å². The summed E-state index contributed by atoms with van der Waals surface area (Å²) >= 11 is 0. The normalized spacial score (nSPS) is 24.3. The second kappa shape index (κ2) is 7.06. The minimum atomic E-state index is -1.93. The Labute approximate surface area is 114 Å². The average molecular weight is 270 g/mol. The van der Waals surface area contributed by atoms with E-state index in [4.69, 9.17) is 8.85 Å². The molecule has 2 fully saturated rings. The van der Waals surface area contributed by atoms with E-state index in [0.29, 0.717) is 0 Å². The van der Waals surface area contributed by atoms with Gasteiger partial charge in [0.1, 0.15) is 0 Å². The highest BCUT2D eigenvalue weighted by Gasteiger charge is 2.46. The lowest BCUT2D eigenvalue weighted by molar-refractivity contribution is 0.203. The SMILES string of the molecule is CO[Si](CC1CCCCC1)(OC)C1CCCCC1. The van der Waals surface area contributed by atoms with E-state index in [1.165, 1.54) is 70.3 Å². The molecule has 0 radical (unpaired) electrons. The highest BCUT2D eigenvalue weighted by atomic mass is 28.4. The van der Waals surface area contributed by atoms with Gasteiger partial charge in [0.05, 0.1) is 0 Å². The van der Waals surface area contributed by atoms with Gasteiger partial charge in [-0.05, 0) is 24.8 Å². The zero-order valence-corrected chi connectivity index (χ0v) is 13.2. The van der Waals surface area contributed by atoms with Gasteiger partial charge in [-0.15, -0.1) is 0 Å². The van der Waals surface area contributed by atoms with Crippen molar-refractivity contribution in [3.63, 3.8) is 0 Å². The van der Waals surface area contributed by atoms with Crippen LogP contribution >= 0.6 is 0 Å². The van der Waals surface area contributed by atoms with E-state index in [-0.39, 0.29) is 0 Å². The van der Waals surface area contributed by atoms with Crippen molar-refractivity contribution in [2.75, 3.05) is 14.2 Å². The van der Waals surface area contributed by atoms with Crippen LogP contribution < -0.4 is 0 Å². The van der Waals surface area contributed by atoms with Crippen molar-refractivity contribution in [3.8, 4) is 0 Å². The van der Waals surface area contributed by atoms with Crippen LogP contribution in [0.3, 0.4) is 0 Å². The Morgan fingerprint density at radius 1 is 0.778 bits per heavy atom. The summed E-state index contributed by atoms with van der Waals surface area (Å²) in [5.41, 5.74) is 0.753. The topological polar surface area (TPSA) is 18.5 Å². The molecule has 0 aromatic rings. The van der Waals surface area contributed by atoms with Gasteiger partial charge < -0.3 is 8.85 Å². The highest BCUT2D eigenvalue weighted by Crippen LogP contribution is 2.43. The minimum absolute atomic E-state index is 0.753. The molecule has 0 unspecified atom stereocenters. The summed E-state index contributed by atoms with van der Waals surface area (Å²) in [7, 11) is 1.89. The molecule has 0 aromatic carbocycles. The average Bonchev–Trinajstić information content (AvgIpc) is 2.47. The van der Waals surface area contributed by atoms with Crippen molar-refractivity contribution in [1.29, 1.82) is 0 Å². The summed E-state index contributed by atoms with van der Waals surface area (Å²) in [6, 6.07) is 1.25. The van der Waals surface area contributed by atoms with Gasteiger partial charge in [-0.2, -0.15) is 0 Å². The predicted octanol–water partition coefficient (Wildman–Crippen LogP) is 4.64. The molecule has 18 heavy (non-hydrogen) atoms. The first-order valence-corrected chi connectivity index (χ1v) is 10.0. The van der Waals surface area contributed by atoms with Gasteiger partial charge >= 0.3 is 8.56 Å². The molecule has 0 atom stereocenters. The first-order chi connectivity index (χ1) is 8.80. The molecule has 2 saturated carbocycles. The molecule has 3 heteroatoms. The summed E-state index contributed by atoms with van der Waals surface area (Å²) in [4.78, 5) is 0. The molecule has 106 valence electrons. The molecule has 0 spiro atoms. The van der Waals surface area contributed by atoms with Crippen LogP contribution in [0.1, 0.15) is 64.2 Å². The Hall–Kier alpha value is 0.137. The van der Waals surface area contributed by atoms with Crippen molar-refractivity contribution < 1.29 is 8.85 Å². The number of rotatable bonds is 5. The van der Waals surface area contributed by atoms with Crippen LogP contribution in [0, 0.1) is 5.92 Å². The Kier molecular flexibility index (Phi) is 5.71. The van der Waals surface area contributed by atoms with Crippen LogP contribution in [0.4, 0.5) is 0 Å². The molecule has 0 aliphatic heterocycles. The lowest BCUT2D eigenvalue weighted by Gasteiger charge is -2.40. The van der Waals surface area contributed by atoms with Gasteiger partial charge in [0.25, 0.3) is 0 Å². The van der Waals surface area contributed by atoms with Gasteiger partial charge in [-0.3, -0.25) is 0 Å². The lowest BCUT2D eigenvalue weighted by atomic mass is 9.91. The number of hydrogen-bond donors (Lipinski definition) is 0. The summed E-state index contributed by atoms with van der Waals surface area (Å²) in [5.74, 6) is 0.882. The maximum absolute atomic E-state index is 6.05. The van der Waals surface area contributed by atoms with Crippen molar-refractivity contribution in [2.24, 2.45) is 5.92 Å². The van der Waals surface area contributed by atoms with Crippen LogP contribution in [-0.2, 0) is 8.85 Å². The molecule has 0 N–H and O–H groups in total. The second-order valence-electron chi connectivity index (χ2n) is 6.26. The Balaban J connectivity index is 1.99. The molecule has 2 rings (SSSR count). The van der Waals surface area contributed by atoms with Crippen molar-refractivity contribution in [3.05, 3.63) is 0 Å². The number of hydrogen-bond acceptors (Lipinski definition) is 2. The van der Waals surface area contributed by atoms with E-state index >= 15 is 0 Å². The monoisotopic (exact) mass is 270 g/mol. The summed E-state index contributed by atoms with van der Waals surface area (Å²) < 4.78 is 12.1. The molecule has 0 amide bonds. The predicted molar refractivity (Wildman–Crippen MR) is 78.0 cm³/mol. The summed E-state index contributed by atoms with van der Waals surface area (Å²) in [5, 5.41) is 0. The summed E-state index contributed by atoms with van der Waals surface area (Å²) in [6.45, 7) is 0. The molecular formula is C15H30O2Si. The van der Waals surface area contributed by atoms with Crippen LogP contribution in [0.5, 0.6) is 0 Å². The van der Waals surface area contributed by atoms with E-state index in [2.05, 4.69) is 0 Å². The maximum atomic E-state index is 6.05. The van der Waals surface area contributed by atoms with Gasteiger partial charge in [0, 0.05) is 19.8 Å². The van der Waals surface area contributed by atoms with Crippen molar-refractivity contribution in [2.45, 2.75) is 75.8 Å². The molecule has 2 nitrogen and oxygen atoms in total. The van der Waals surface area contributed by atoms with E-state index < -0.39 is 8.56 Å².